The largest absolute Gasteiger partial charge is 0.465 e. The molecule has 0 amide bonds. The van der Waals surface area contributed by atoms with E-state index in [9.17, 15) is 29.4 Å². The number of carbonyl (C=O) groups is 4. The maximum atomic E-state index is 12.1. The highest BCUT2D eigenvalue weighted by Crippen LogP contribution is 2.19. The fourth-order valence-corrected chi connectivity index (χ4v) is 3.70. The lowest BCUT2D eigenvalue weighted by Gasteiger charge is -2.28. The Morgan fingerprint density at radius 1 is 0.512 bits per heavy atom. The molecule has 0 saturated heterocycles. The van der Waals surface area contributed by atoms with E-state index in [0.29, 0.717) is 51.7 Å². The molecule has 43 heavy (non-hydrogen) atoms. The summed E-state index contributed by atoms with van der Waals surface area (Å²) in [6.07, 6.45) is 18.6. The van der Waals surface area contributed by atoms with Gasteiger partial charge < -0.3 is 29.2 Å². The maximum Gasteiger partial charge on any atom is 0.305 e. The number of aliphatic hydroxyl groups is 2. The van der Waals surface area contributed by atoms with Crippen LogP contribution in [0.15, 0.2) is 24.3 Å². The Balaban J connectivity index is 4.06. The standard InChI is InChI=1S/C33H56O10/c1-3-5-7-9-11-17-23-40-29(36)19-13-15-21-31(38)42-27-33(25-34,26-35)28-43-32(39)22-16-14-20-30(37)41-24-18-12-10-8-6-4-2/h9-12,34-35H,3-8,13-28H2,1-2H3/b11-9-,12-10-. The highest BCUT2D eigenvalue weighted by molar-refractivity contribution is 5.71. The molecule has 0 radical (unpaired) electrons. The lowest BCUT2D eigenvalue weighted by molar-refractivity contribution is -0.159. The summed E-state index contributed by atoms with van der Waals surface area (Å²) in [5, 5.41) is 19.6. The molecule has 10 nitrogen and oxygen atoms in total. The average Bonchev–Trinajstić information content (AvgIpc) is 3.01. The lowest BCUT2D eigenvalue weighted by Crippen LogP contribution is -2.41. The molecule has 0 aliphatic rings. The van der Waals surface area contributed by atoms with Gasteiger partial charge in [0.1, 0.15) is 13.2 Å². The van der Waals surface area contributed by atoms with Crippen LogP contribution in [0.4, 0.5) is 0 Å². The van der Waals surface area contributed by atoms with Gasteiger partial charge in [-0.05, 0) is 51.4 Å². The molecule has 0 rings (SSSR count). The molecular formula is C33H56O10. The van der Waals surface area contributed by atoms with Crippen molar-refractivity contribution in [3.63, 3.8) is 0 Å². The van der Waals surface area contributed by atoms with Crippen molar-refractivity contribution in [1.29, 1.82) is 0 Å². The third-order valence-corrected chi connectivity index (χ3v) is 6.65. The van der Waals surface area contributed by atoms with Crippen molar-refractivity contribution in [3.8, 4) is 0 Å². The number of carbonyl (C=O) groups excluding carboxylic acids is 4. The normalized spacial score (nSPS) is 11.6. The van der Waals surface area contributed by atoms with E-state index in [1.807, 2.05) is 12.2 Å². The zero-order valence-electron chi connectivity index (χ0n) is 26.5. The fourth-order valence-electron chi connectivity index (χ4n) is 3.70. The van der Waals surface area contributed by atoms with Crippen LogP contribution in [0.25, 0.3) is 0 Å². The van der Waals surface area contributed by atoms with Gasteiger partial charge in [-0.25, -0.2) is 0 Å². The molecule has 0 aliphatic carbocycles. The minimum absolute atomic E-state index is 0.0677. The Labute approximate surface area is 258 Å². The highest BCUT2D eigenvalue weighted by Gasteiger charge is 2.33. The minimum atomic E-state index is -1.32. The molecule has 10 heteroatoms. The first-order valence-electron chi connectivity index (χ1n) is 16.0. The second-order valence-corrected chi connectivity index (χ2v) is 10.8. The molecule has 0 fully saturated rings. The zero-order chi connectivity index (χ0) is 32.0. The summed E-state index contributed by atoms with van der Waals surface area (Å²) in [5.41, 5.74) is -1.32. The van der Waals surface area contributed by atoms with Crippen LogP contribution in [-0.4, -0.2) is 73.7 Å². The van der Waals surface area contributed by atoms with E-state index in [4.69, 9.17) is 18.9 Å². The van der Waals surface area contributed by atoms with Gasteiger partial charge in [-0.2, -0.15) is 0 Å². The summed E-state index contributed by atoms with van der Waals surface area (Å²) in [6, 6.07) is 0. The number of hydrogen-bond donors (Lipinski definition) is 2. The fraction of sp³-hybridized carbons (Fsp3) is 0.758. The monoisotopic (exact) mass is 612 g/mol. The van der Waals surface area contributed by atoms with Crippen LogP contribution in [0, 0.1) is 5.41 Å². The first-order chi connectivity index (χ1) is 20.8. The van der Waals surface area contributed by atoms with Crippen molar-refractivity contribution in [2.24, 2.45) is 5.41 Å². The summed E-state index contributed by atoms with van der Waals surface area (Å²) in [6.45, 7) is 3.20. The molecular weight excluding hydrogens is 556 g/mol. The van der Waals surface area contributed by atoms with Gasteiger partial charge in [-0.3, -0.25) is 19.2 Å². The van der Waals surface area contributed by atoms with Crippen LogP contribution < -0.4 is 0 Å². The maximum absolute atomic E-state index is 12.1. The smallest absolute Gasteiger partial charge is 0.305 e. The second kappa shape index (κ2) is 28.1. The highest BCUT2D eigenvalue weighted by atomic mass is 16.6. The van der Waals surface area contributed by atoms with E-state index in [1.54, 1.807) is 0 Å². The van der Waals surface area contributed by atoms with Gasteiger partial charge >= 0.3 is 23.9 Å². The van der Waals surface area contributed by atoms with Crippen molar-refractivity contribution in [2.45, 2.75) is 117 Å². The van der Waals surface area contributed by atoms with Crippen molar-refractivity contribution in [1.82, 2.24) is 0 Å². The summed E-state index contributed by atoms with van der Waals surface area (Å²) in [5.74, 6) is -1.69. The Morgan fingerprint density at radius 3 is 1.16 bits per heavy atom. The summed E-state index contributed by atoms with van der Waals surface area (Å²) in [4.78, 5) is 47.9. The van der Waals surface area contributed by atoms with E-state index in [2.05, 4.69) is 26.0 Å². The van der Waals surface area contributed by atoms with Crippen LogP contribution in [-0.2, 0) is 38.1 Å². The quantitative estimate of drug-likeness (QED) is 0.0501. The van der Waals surface area contributed by atoms with Crippen LogP contribution >= 0.6 is 0 Å². The Morgan fingerprint density at radius 2 is 0.837 bits per heavy atom. The Bertz CT molecular complexity index is 740. The Hall–Kier alpha value is -2.72. The van der Waals surface area contributed by atoms with Crippen LogP contribution in [0.3, 0.4) is 0 Å². The molecule has 0 heterocycles. The van der Waals surface area contributed by atoms with Crippen molar-refractivity contribution in [2.75, 3.05) is 39.6 Å². The molecule has 248 valence electrons. The molecule has 0 atom stereocenters. The number of rotatable bonds is 28. The van der Waals surface area contributed by atoms with Gasteiger partial charge in [0.25, 0.3) is 0 Å². The third-order valence-electron chi connectivity index (χ3n) is 6.65. The van der Waals surface area contributed by atoms with Crippen LogP contribution in [0.1, 0.15) is 117 Å². The SMILES string of the molecule is CCCC/C=C\CCOC(=O)CCCCC(=O)OCC(CO)(CO)COC(=O)CCCCC(=O)OCC/C=C\CCCC. The molecule has 0 aromatic carbocycles. The first-order valence-corrected chi connectivity index (χ1v) is 16.0. The molecule has 0 unspecified atom stereocenters. The molecule has 2 N–H and O–H groups in total. The predicted octanol–water partition coefficient (Wildman–Crippen LogP) is 5.52. The van der Waals surface area contributed by atoms with E-state index in [0.717, 1.165) is 38.5 Å². The van der Waals surface area contributed by atoms with E-state index in [-0.39, 0.29) is 50.8 Å². The third kappa shape index (κ3) is 24.4. The van der Waals surface area contributed by atoms with Crippen LogP contribution in [0.2, 0.25) is 0 Å². The first kappa shape index (κ1) is 40.3. The van der Waals surface area contributed by atoms with Gasteiger partial charge in [0.05, 0.1) is 31.8 Å². The molecule has 0 aromatic rings. The van der Waals surface area contributed by atoms with Gasteiger partial charge in [-0.15, -0.1) is 0 Å². The summed E-state index contributed by atoms with van der Waals surface area (Å²) in [7, 11) is 0. The lowest BCUT2D eigenvalue weighted by atomic mass is 9.92. The number of aliphatic hydroxyl groups excluding tert-OH is 2. The molecule has 0 aromatic heterocycles. The average molecular weight is 613 g/mol. The molecule has 0 aliphatic heterocycles. The number of hydrogen-bond acceptors (Lipinski definition) is 10. The van der Waals surface area contributed by atoms with Gasteiger partial charge in [-0.1, -0.05) is 63.8 Å². The minimum Gasteiger partial charge on any atom is -0.465 e. The van der Waals surface area contributed by atoms with Crippen molar-refractivity contribution >= 4 is 23.9 Å². The zero-order valence-corrected chi connectivity index (χ0v) is 26.5. The number of ether oxygens (including phenoxy) is 4. The number of esters is 4. The predicted molar refractivity (Wildman–Crippen MR) is 164 cm³/mol. The van der Waals surface area contributed by atoms with Gasteiger partial charge in [0, 0.05) is 25.7 Å². The van der Waals surface area contributed by atoms with Gasteiger partial charge in [0.15, 0.2) is 0 Å². The van der Waals surface area contributed by atoms with Gasteiger partial charge in [0.2, 0.25) is 0 Å². The molecule has 0 bridgehead atoms. The second-order valence-electron chi connectivity index (χ2n) is 10.8. The molecule has 0 spiro atoms. The number of allylic oxidation sites excluding steroid dienone is 2. The number of unbranched alkanes of at least 4 members (excludes halogenated alkanes) is 6. The van der Waals surface area contributed by atoms with Crippen molar-refractivity contribution < 1.29 is 48.3 Å². The van der Waals surface area contributed by atoms with E-state index in [1.165, 1.54) is 0 Å². The Kier molecular flexibility index (Phi) is 26.3. The van der Waals surface area contributed by atoms with Crippen molar-refractivity contribution in [3.05, 3.63) is 24.3 Å². The van der Waals surface area contributed by atoms with E-state index >= 15 is 0 Å². The van der Waals surface area contributed by atoms with Crippen LogP contribution in [0.5, 0.6) is 0 Å². The summed E-state index contributed by atoms with van der Waals surface area (Å²) < 4.78 is 20.8. The summed E-state index contributed by atoms with van der Waals surface area (Å²) >= 11 is 0. The topological polar surface area (TPSA) is 146 Å². The van der Waals surface area contributed by atoms with E-state index < -0.39 is 30.6 Å². The molecule has 0 saturated carbocycles.